The van der Waals surface area contributed by atoms with E-state index in [9.17, 15) is 0 Å². The summed E-state index contributed by atoms with van der Waals surface area (Å²) in [4.78, 5) is 2.21. The first-order valence-electron chi connectivity index (χ1n) is 4.73. The molecule has 76 valence electrons. The number of methoxy groups -OCH3 is 1. The van der Waals surface area contributed by atoms with Crippen LogP contribution in [0.15, 0.2) is 12.1 Å². The largest absolute Gasteiger partial charge is 0.480 e. The van der Waals surface area contributed by atoms with Gasteiger partial charge in [-0.2, -0.15) is 0 Å². The minimum atomic E-state index is 0.559. The highest BCUT2D eigenvalue weighted by atomic mass is 16.5. The van der Waals surface area contributed by atoms with Gasteiger partial charge in [-0.05, 0) is 6.07 Å². The summed E-state index contributed by atoms with van der Waals surface area (Å²) in [5.41, 5.74) is 0. The molecule has 0 saturated carbocycles. The van der Waals surface area contributed by atoms with Gasteiger partial charge in [0.1, 0.15) is 0 Å². The van der Waals surface area contributed by atoms with Crippen LogP contribution in [0.3, 0.4) is 0 Å². The summed E-state index contributed by atoms with van der Waals surface area (Å²) in [6, 6.07) is 3.78. The Labute approximate surface area is 83.1 Å². The molecule has 0 amide bonds. The summed E-state index contributed by atoms with van der Waals surface area (Å²) in [7, 11) is 1.59. The highest BCUT2D eigenvalue weighted by Gasteiger charge is 2.11. The number of ether oxygens (including phenoxy) is 1. The number of nitrogens with zero attached hydrogens (tertiary/aromatic N) is 3. The Morgan fingerprint density at radius 1 is 1.29 bits per heavy atom. The van der Waals surface area contributed by atoms with Crippen LogP contribution in [-0.4, -0.2) is 43.5 Å². The molecule has 5 nitrogen and oxygen atoms in total. The molecule has 0 radical (unpaired) electrons. The van der Waals surface area contributed by atoms with Crippen molar-refractivity contribution in [3.05, 3.63) is 12.1 Å². The van der Waals surface area contributed by atoms with Crippen LogP contribution in [0.25, 0.3) is 0 Å². The smallest absolute Gasteiger partial charge is 0.233 e. The van der Waals surface area contributed by atoms with Crippen molar-refractivity contribution in [1.29, 1.82) is 0 Å². The van der Waals surface area contributed by atoms with Gasteiger partial charge in [-0.15, -0.1) is 10.2 Å². The first kappa shape index (κ1) is 9.21. The van der Waals surface area contributed by atoms with Crippen LogP contribution < -0.4 is 15.0 Å². The van der Waals surface area contributed by atoms with Crippen molar-refractivity contribution in [2.24, 2.45) is 0 Å². The molecule has 1 aromatic rings. The van der Waals surface area contributed by atoms with Crippen molar-refractivity contribution in [3.63, 3.8) is 0 Å². The molecule has 0 spiro atoms. The summed E-state index contributed by atoms with van der Waals surface area (Å²) in [6.45, 7) is 3.99. The molecule has 1 aliphatic heterocycles. The summed E-state index contributed by atoms with van der Waals surface area (Å²) in [6.07, 6.45) is 0. The monoisotopic (exact) mass is 194 g/mol. The molecular weight excluding hydrogens is 180 g/mol. The van der Waals surface area contributed by atoms with Gasteiger partial charge in [0.15, 0.2) is 5.82 Å². The van der Waals surface area contributed by atoms with E-state index in [1.54, 1.807) is 7.11 Å². The number of aromatic nitrogens is 2. The Kier molecular flexibility index (Phi) is 2.78. The zero-order chi connectivity index (χ0) is 9.80. The Morgan fingerprint density at radius 2 is 2.07 bits per heavy atom. The maximum atomic E-state index is 4.95. The summed E-state index contributed by atoms with van der Waals surface area (Å²) in [5.74, 6) is 1.48. The fourth-order valence-corrected chi connectivity index (χ4v) is 1.48. The quantitative estimate of drug-likeness (QED) is 0.712. The topological polar surface area (TPSA) is 50.3 Å². The maximum Gasteiger partial charge on any atom is 0.233 e. The number of nitrogens with one attached hydrogen (secondary N) is 1. The van der Waals surface area contributed by atoms with Gasteiger partial charge in [0.2, 0.25) is 5.88 Å². The molecule has 2 heterocycles. The Hall–Kier alpha value is -1.36. The third kappa shape index (κ3) is 1.93. The van der Waals surface area contributed by atoms with E-state index in [4.69, 9.17) is 4.74 Å². The highest BCUT2D eigenvalue weighted by Crippen LogP contribution is 2.12. The van der Waals surface area contributed by atoms with Crippen LogP contribution in [0.2, 0.25) is 0 Å². The van der Waals surface area contributed by atoms with E-state index in [0.717, 1.165) is 32.0 Å². The van der Waals surface area contributed by atoms with Gasteiger partial charge in [-0.25, -0.2) is 0 Å². The second-order valence-electron chi connectivity index (χ2n) is 3.17. The molecule has 0 unspecified atom stereocenters. The zero-order valence-corrected chi connectivity index (χ0v) is 8.23. The Bertz CT molecular complexity index is 281. The first-order valence-corrected chi connectivity index (χ1v) is 4.73. The van der Waals surface area contributed by atoms with E-state index in [0.29, 0.717) is 5.88 Å². The highest BCUT2D eigenvalue weighted by molar-refractivity contribution is 5.38. The van der Waals surface area contributed by atoms with Gasteiger partial charge < -0.3 is 15.0 Å². The minimum absolute atomic E-state index is 0.559. The number of hydrogen-bond acceptors (Lipinski definition) is 5. The molecule has 14 heavy (non-hydrogen) atoms. The standard InChI is InChI=1S/C9H14N4O/c1-14-9-3-2-8(11-12-9)13-6-4-10-5-7-13/h2-3,10H,4-7H2,1H3. The Balaban J connectivity index is 2.07. The SMILES string of the molecule is COc1ccc(N2CCNCC2)nn1. The van der Waals surface area contributed by atoms with Crippen molar-refractivity contribution < 1.29 is 4.74 Å². The zero-order valence-electron chi connectivity index (χ0n) is 8.23. The number of rotatable bonds is 2. The summed E-state index contributed by atoms with van der Waals surface area (Å²) >= 11 is 0. The molecule has 0 aromatic carbocycles. The van der Waals surface area contributed by atoms with Crippen LogP contribution in [0.1, 0.15) is 0 Å². The molecule has 1 N–H and O–H groups in total. The first-order chi connectivity index (χ1) is 6.90. The molecule has 5 heteroatoms. The van der Waals surface area contributed by atoms with Crippen molar-refractivity contribution in [2.75, 3.05) is 38.2 Å². The van der Waals surface area contributed by atoms with Crippen molar-refractivity contribution in [2.45, 2.75) is 0 Å². The van der Waals surface area contributed by atoms with E-state index in [1.165, 1.54) is 0 Å². The molecule has 1 saturated heterocycles. The van der Waals surface area contributed by atoms with Crippen molar-refractivity contribution in [1.82, 2.24) is 15.5 Å². The predicted molar refractivity (Wildman–Crippen MR) is 53.7 cm³/mol. The molecule has 0 aliphatic carbocycles. The second kappa shape index (κ2) is 4.23. The van der Waals surface area contributed by atoms with Gasteiger partial charge in [0, 0.05) is 32.2 Å². The average Bonchev–Trinajstić information content (AvgIpc) is 2.30. The lowest BCUT2D eigenvalue weighted by molar-refractivity contribution is 0.391. The normalized spacial score (nSPS) is 16.8. The van der Waals surface area contributed by atoms with Gasteiger partial charge in [0.25, 0.3) is 0 Å². The lowest BCUT2D eigenvalue weighted by atomic mass is 10.3. The summed E-state index contributed by atoms with van der Waals surface area (Å²) < 4.78 is 4.95. The van der Waals surface area contributed by atoms with Crippen molar-refractivity contribution >= 4 is 5.82 Å². The summed E-state index contributed by atoms with van der Waals surface area (Å²) in [5, 5.41) is 11.3. The van der Waals surface area contributed by atoms with E-state index < -0.39 is 0 Å². The molecule has 0 bridgehead atoms. The van der Waals surface area contributed by atoms with Gasteiger partial charge >= 0.3 is 0 Å². The molecule has 1 fully saturated rings. The van der Waals surface area contributed by atoms with Crippen LogP contribution in [0.4, 0.5) is 5.82 Å². The number of anilines is 1. The van der Waals surface area contributed by atoms with E-state index in [1.807, 2.05) is 12.1 Å². The Morgan fingerprint density at radius 3 is 2.64 bits per heavy atom. The fourth-order valence-electron chi connectivity index (χ4n) is 1.48. The van der Waals surface area contributed by atoms with E-state index in [-0.39, 0.29) is 0 Å². The van der Waals surface area contributed by atoms with Crippen LogP contribution in [0, 0.1) is 0 Å². The van der Waals surface area contributed by atoms with Gasteiger partial charge in [-0.1, -0.05) is 0 Å². The third-order valence-corrected chi connectivity index (χ3v) is 2.28. The molecule has 1 aromatic heterocycles. The third-order valence-electron chi connectivity index (χ3n) is 2.28. The lowest BCUT2D eigenvalue weighted by Crippen LogP contribution is -2.43. The lowest BCUT2D eigenvalue weighted by Gasteiger charge is -2.27. The molecule has 1 aliphatic rings. The average molecular weight is 194 g/mol. The molecule has 0 atom stereocenters. The maximum absolute atomic E-state index is 4.95. The number of piperazine rings is 1. The van der Waals surface area contributed by atoms with Crippen LogP contribution in [-0.2, 0) is 0 Å². The van der Waals surface area contributed by atoms with E-state index >= 15 is 0 Å². The van der Waals surface area contributed by atoms with Crippen LogP contribution in [0.5, 0.6) is 5.88 Å². The van der Waals surface area contributed by atoms with Gasteiger partial charge in [0.05, 0.1) is 7.11 Å². The molecule has 2 rings (SSSR count). The molecular formula is C9H14N4O. The van der Waals surface area contributed by atoms with Gasteiger partial charge in [-0.3, -0.25) is 0 Å². The number of hydrogen-bond donors (Lipinski definition) is 1. The second-order valence-corrected chi connectivity index (χ2v) is 3.17. The fraction of sp³-hybridized carbons (Fsp3) is 0.556. The van der Waals surface area contributed by atoms with E-state index in [2.05, 4.69) is 20.4 Å². The van der Waals surface area contributed by atoms with Crippen molar-refractivity contribution in [3.8, 4) is 5.88 Å². The minimum Gasteiger partial charge on any atom is -0.480 e. The predicted octanol–water partition coefficient (Wildman–Crippen LogP) is -0.105. The van der Waals surface area contributed by atoms with Crippen LogP contribution >= 0.6 is 0 Å².